The minimum absolute atomic E-state index is 0.0804. The van der Waals surface area contributed by atoms with E-state index in [-0.39, 0.29) is 24.5 Å². The molecule has 1 unspecified atom stereocenters. The first-order valence-electron chi connectivity index (χ1n) is 7.83. The summed E-state index contributed by atoms with van der Waals surface area (Å²) in [6.07, 6.45) is 2.92. The second-order valence-electron chi connectivity index (χ2n) is 5.62. The smallest absolute Gasteiger partial charge is 0.239 e. The molecule has 0 aromatic heterocycles. The number of hydrogen-bond acceptors (Lipinski definition) is 3. The summed E-state index contributed by atoms with van der Waals surface area (Å²) in [6.45, 7) is 3.46. The van der Waals surface area contributed by atoms with E-state index >= 15 is 0 Å². The van der Waals surface area contributed by atoms with E-state index in [0.29, 0.717) is 13.1 Å². The fourth-order valence-electron chi connectivity index (χ4n) is 2.52. The number of rotatable bonds is 7. The molecule has 0 radical (unpaired) electrons. The van der Waals surface area contributed by atoms with Gasteiger partial charge in [-0.15, -0.1) is 0 Å². The molecule has 0 saturated carbocycles. The molecule has 1 heterocycles. The predicted octanol–water partition coefficient (Wildman–Crippen LogP) is 1.37. The topological polar surface area (TPSA) is 58.6 Å². The lowest BCUT2D eigenvalue weighted by atomic mass is 10.1. The second kappa shape index (κ2) is 8.54. The van der Waals surface area contributed by atoms with E-state index in [1.54, 1.807) is 4.90 Å². The summed E-state index contributed by atoms with van der Waals surface area (Å²) in [6, 6.07) is 9.96. The van der Waals surface area contributed by atoms with E-state index < -0.39 is 0 Å². The van der Waals surface area contributed by atoms with Crippen molar-refractivity contribution in [2.45, 2.75) is 32.3 Å². The van der Waals surface area contributed by atoms with Gasteiger partial charge >= 0.3 is 0 Å². The summed E-state index contributed by atoms with van der Waals surface area (Å²) in [4.78, 5) is 25.2. The van der Waals surface area contributed by atoms with Crippen LogP contribution in [0.25, 0.3) is 0 Å². The molecule has 1 saturated heterocycles. The number of carbonyl (C=O) groups is 2. The molecule has 22 heavy (non-hydrogen) atoms. The fourth-order valence-corrected chi connectivity index (χ4v) is 2.52. The maximum atomic E-state index is 12.0. The fraction of sp³-hybridized carbons (Fsp3) is 0.529. The molecule has 2 amide bonds. The zero-order valence-electron chi connectivity index (χ0n) is 13.1. The van der Waals surface area contributed by atoms with Gasteiger partial charge in [0.15, 0.2) is 0 Å². The Kier molecular flexibility index (Phi) is 6.40. The molecule has 2 rings (SSSR count). The first-order chi connectivity index (χ1) is 10.6. The molecular weight excluding hydrogens is 280 g/mol. The lowest BCUT2D eigenvalue weighted by molar-refractivity contribution is -0.134. The molecule has 0 spiro atoms. The van der Waals surface area contributed by atoms with Crippen LogP contribution in [0.2, 0.25) is 0 Å². The molecule has 1 N–H and O–H groups in total. The number of ether oxygens (including phenoxy) is 1. The summed E-state index contributed by atoms with van der Waals surface area (Å²) >= 11 is 0. The highest BCUT2D eigenvalue weighted by atomic mass is 16.5. The first kappa shape index (κ1) is 16.5. The van der Waals surface area contributed by atoms with E-state index in [1.807, 2.05) is 30.3 Å². The van der Waals surface area contributed by atoms with Crippen LogP contribution in [0.4, 0.5) is 0 Å². The van der Waals surface area contributed by atoms with Crippen molar-refractivity contribution in [3.63, 3.8) is 0 Å². The van der Waals surface area contributed by atoms with E-state index in [9.17, 15) is 9.59 Å². The third-order valence-electron chi connectivity index (χ3n) is 3.84. The lowest BCUT2D eigenvalue weighted by Crippen LogP contribution is -2.42. The van der Waals surface area contributed by atoms with Crippen LogP contribution < -0.4 is 5.32 Å². The third kappa shape index (κ3) is 5.48. The van der Waals surface area contributed by atoms with Crippen LogP contribution in [-0.4, -0.2) is 49.1 Å². The zero-order chi connectivity index (χ0) is 15.8. The summed E-state index contributed by atoms with van der Waals surface area (Å²) in [7, 11) is 0. The van der Waals surface area contributed by atoms with Gasteiger partial charge in [0.2, 0.25) is 11.8 Å². The number of amides is 2. The molecule has 1 aliphatic heterocycles. The number of nitrogens with one attached hydrogen (secondary N) is 1. The van der Waals surface area contributed by atoms with E-state index in [4.69, 9.17) is 4.74 Å². The van der Waals surface area contributed by atoms with Crippen molar-refractivity contribution in [3.8, 4) is 0 Å². The van der Waals surface area contributed by atoms with Gasteiger partial charge in [0.25, 0.3) is 0 Å². The van der Waals surface area contributed by atoms with Gasteiger partial charge in [-0.1, -0.05) is 30.3 Å². The molecule has 5 heteroatoms. The average Bonchev–Trinajstić information content (AvgIpc) is 3.03. The number of benzene rings is 1. The number of carbonyl (C=O) groups excluding carboxylic acids is 2. The highest BCUT2D eigenvalue weighted by molar-refractivity contribution is 5.83. The minimum atomic E-state index is -0.126. The third-order valence-corrected chi connectivity index (χ3v) is 3.84. The lowest BCUT2D eigenvalue weighted by Gasteiger charge is -2.21. The highest BCUT2D eigenvalue weighted by Crippen LogP contribution is 2.10. The molecule has 0 bridgehead atoms. The van der Waals surface area contributed by atoms with Crippen molar-refractivity contribution in [2.24, 2.45) is 0 Å². The van der Waals surface area contributed by atoms with Crippen molar-refractivity contribution in [1.82, 2.24) is 10.2 Å². The van der Waals surface area contributed by atoms with Crippen molar-refractivity contribution in [1.29, 1.82) is 0 Å². The van der Waals surface area contributed by atoms with Gasteiger partial charge in [-0.2, -0.15) is 0 Å². The second-order valence-corrected chi connectivity index (χ2v) is 5.62. The largest absolute Gasteiger partial charge is 0.376 e. The zero-order valence-corrected chi connectivity index (χ0v) is 13.1. The summed E-state index contributed by atoms with van der Waals surface area (Å²) < 4.78 is 5.47. The normalized spacial score (nSPS) is 17.2. The Labute approximate surface area is 131 Å². The van der Waals surface area contributed by atoms with Gasteiger partial charge in [0, 0.05) is 26.6 Å². The Hall–Kier alpha value is -1.88. The Balaban J connectivity index is 1.75. The van der Waals surface area contributed by atoms with Crippen LogP contribution in [0.15, 0.2) is 30.3 Å². The molecule has 1 aliphatic rings. The first-order valence-corrected chi connectivity index (χ1v) is 7.83. The quantitative estimate of drug-likeness (QED) is 0.828. The minimum Gasteiger partial charge on any atom is -0.376 e. The van der Waals surface area contributed by atoms with Gasteiger partial charge in [0.1, 0.15) is 0 Å². The van der Waals surface area contributed by atoms with Gasteiger partial charge in [-0.25, -0.2) is 0 Å². The van der Waals surface area contributed by atoms with Crippen LogP contribution in [0.3, 0.4) is 0 Å². The monoisotopic (exact) mass is 304 g/mol. The van der Waals surface area contributed by atoms with Gasteiger partial charge in [-0.05, 0) is 24.8 Å². The number of nitrogens with zero attached hydrogens (tertiary/aromatic N) is 1. The van der Waals surface area contributed by atoms with Crippen molar-refractivity contribution in [3.05, 3.63) is 35.9 Å². The van der Waals surface area contributed by atoms with Crippen LogP contribution in [0.1, 0.15) is 25.3 Å². The standard InChI is InChI=1S/C17H24N2O3/c1-14(20)19(10-9-15-6-3-2-4-7-15)13-17(21)18-12-16-8-5-11-22-16/h2-4,6-7,16H,5,8-13H2,1H3,(H,18,21). The van der Waals surface area contributed by atoms with E-state index in [0.717, 1.165) is 31.4 Å². The highest BCUT2D eigenvalue weighted by Gasteiger charge is 2.18. The SMILES string of the molecule is CC(=O)N(CCc1ccccc1)CC(=O)NCC1CCCO1. The Bertz CT molecular complexity index is 484. The van der Waals surface area contributed by atoms with Gasteiger partial charge < -0.3 is 15.0 Å². The van der Waals surface area contributed by atoms with Crippen LogP contribution in [0.5, 0.6) is 0 Å². The number of hydrogen-bond donors (Lipinski definition) is 1. The predicted molar refractivity (Wildman–Crippen MR) is 84.4 cm³/mol. The van der Waals surface area contributed by atoms with Gasteiger partial charge in [0.05, 0.1) is 12.6 Å². The van der Waals surface area contributed by atoms with E-state index in [2.05, 4.69) is 5.32 Å². The van der Waals surface area contributed by atoms with E-state index in [1.165, 1.54) is 6.92 Å². The van der Waals surface area contributed by atoms with Crippen LogP contribution in [0, 0.1) is 0 Å². The van der Waals surface area contributed by atoms with Crippen molar-refractivity contribution < 1.29 is 14.3 Å². The van der Waals surface area contributed by atoms with Crippen LogP contribution >= 0.6 is 0 Å². The molecule has 0 aliphatic carbocycles. The molecule has 1 aromatic rings. The van der Waals surface area contributed by atoms with Gasteiger partial charge in [-0.3, -0.25) is 9.59 Å². The molecule has 1 aromatic carbocycles. The molecule has 120 valence electrons. The Morgan fingerprint density at radius 2 is 2.09 bits per heavy atom. The maximum absolute atomic E-state index is 12.0. The summed E-state index contributed by atoms with van der Waals surface area (Å²) in [5, 5.41) is 2.85. The van der Waals surface area contributed by atoms with Crippen LogP contribution in [-0.2, 0) is 20.7 Å². The molecular formula is C17H24N2O3. The average molecular weight is 304 g/mol. The Morgan fingerprint density at radius 1 is 1.32 bits per heavy atom. The molecule has 1 fully saturated rings. The van der Waals surface area contributed by atoms with Crippen molar-refractivity contribution in [2.75, 3.05) is 26.2 Å². The molecule has 1 atom stereocenters. The Morgan fingerprint density at radius 3 is 2.73 bits per heavy atom. The molecule has 5 nitrogen and oxygen atoms in total. The summed E-state index contributed by atoms with van der Waals surface area (Å²) in [5.74, 6) is -0.207. The van der Waals surface area contributed by atoms with Crippen molar-refractivity contribution >= 4 is 11.8 Å². The summed E-state index contributed by atoms with van der Waals surface area (Å²) in [5.41, 5.74) is 1.16. The maximum Gasteiger partial charge on any atom is 0.239 e.